The molecule has 1 fully saturated rings. The number of rotatable bonds is 4. The lowest BCUT2D eigenvalue weighted by atomic mass is 9.71. The van der Waals surface area contributed by atoms with Crippen LogP contribution in [-0.2, 0) is 12.5 Å². The first-order valence-electron chi connectivity index (χ1n) is 7.38. The number of nitrogens with two attached hydrogens (primary N) is 1. The summed E-state index contributed by atoms with van der Waals surface area (Å²) in [7, 11) is 1.97. The SMILES string of the molecule is Cn1ncc(Br)c1C(NN)C1(c2ccccc2)CCCC1. The lowest BCUT2D eigenvalue weighted by Crippen LogP contribution is -2.44. The Balaban J connectivity index is 2.12. The van der Waals surface area contributed by atoms with Crippen molar-refractivity contribution in [3.63, 3.8) is 0 Å². The summed E-state index contributed by atoms with van der Waals surface area (Å²) < 4.78 is 2.92. The molecule has 0 amide bonds. The summed E-state index contributed by atoms with van der Waals surface area (Å²) >= 11 is 3.62. The summed E-state index contributed by atoms with van der Waals surface area (Å²) in [5.41, 5.74) is 5.58. The predicted octanol–water partition coefficient (Wildman–Crippen LogP) is 3.20. The number of hydrogen-bond donors (Lipinski definition) is 2. The molecule has 1 aliphatic rings. The van der Waals surface area contributed by atoms with E-state index in [1.165, 1.54) is 18.4 Å². The molecule has 1 atom stereocenters. The van der Waals surface area contributed by atoms with E-state index in [0.29, 0.717) is 0 Å². The number of halogens is 1. The normalized spacial score (nSPS) is 18.8. The van der Waals surface area contributed by atoms with Gasteiger partial charge in [-0.3, -0.25) is 16.0 Å². The van der Waals surface area contributed by atoms with Crippen LogP contribution >= 0.6 is 15.9 Å². The first-order chi connectivity index (χ1) is 10.2. The van der Waals surface area contributed by atoms with Gasteiger partial charge in [0, 0.05) is 12.5 Å². The Morgan fingerprint density at radius 2 is 1.95 bits per heavy atom. The summed E-state index contributed by atoms with van der Waals surface area (Å²) in [5.74, 6) is 5.99. The smallest absolute Gasteiger partial charge is 0.0736 e. The fraction of sp³-hybridized carbons (Fsp3) is 0.438. The minimum atomic E-state index is 0.0341. The van der Waals surface area contributed by atoms with Crippen LogP contribution in [0.5, 0.6) is 0 Å². The second kappa shape index (κ2) is 5.91. The van der Waals surface area contributed by atoms with Crippen LogP contribution in [0.4, 0.5) is 0 Å². The Hall–Kier alpha value is -1.17. The maximum atomic E-state index is 5.99. The zero-order valence-corrected chi connectivity index (χ0v) is 13.8. The molecule has 1 saturated carbocycles. The van der Waals surface area contributed by atoms with Crippen molar-refractivity contribution >= 4 is 15.9 Å². The molecule has 0 saturated heterocycles. The van der Waals surface area contributed by atoms with Crippen molar-refractivity contribution in [1.82, 2.24) is 15.2 Å². The number of hydrazine groups is 1. The van der Waals surface area contributed by atoms with Crippen LogP contribution in [0, 0.1) is 0 Å². The van der Waals surface area contributed by atoms with E-state index in [4.69, 9.17) is 5.84 Å². The highest BCUT2D eigenvalue weighted by molar-refractivity contribution is 9.10. The second-order valence-electron chi connectivity index (χ2n) is 5.83. The summed E-state index contributed by atoms with van der Waals surface area (Å²) in [6.45, 7) is 0. The highest BCUT2D eigenvalue weighted by Gasteiger charge is 2.44. The Morgan fingerprint density at radius 3 is 2.48 bits per heavy atom. The Bertz CT molecular complexity index is 582. The Labute approximate surface area is 133 Å². The molecule has 4 nitrogen and oxygen atoms in total. The standard InChI is InChI=1S/C16H21BrN4/c1-21-14(13(17)11-19-21)15(20-18)16(9-5-6-10-16)12-7-3-2-4-8-12/h2-4,7-8,11,15,20H,5-6,9-10,18H2,1H3. The van der Waals surface area contributed by atoms with Crippen molar-refractivity contribution in [2.24, 2.45) is 12.9 Å². The van der Waals surface area contributed by atoms with Gasteiger partial charge in [-0.2, -0.15) is 5.10 Å². The van der Waals surface area contributed by atoms with E-state index in [1.54, 1.807) is 0 Å². The van der Waals surface area contributed by atoms with Crippen molar-refractivity contribution in [3.05, 3.63) is 52.3 Å². The number of aromatic nitrogens is 2. The summed E-state index contributed by atoms with van der Waals surface area (Å²) in [5, 5.41) is 4.36. The van der Waals surface area contributed by atoms with E-state index in [2.05, 4.69) is 56.8 Å². The van der Waals surface area contributed by atoms with Gasteiger partial charge in [0.2, 0.25) is 0 Å². The lowest BCUT2D eigenvalue weighted by Gasteiger charge is -2.38. The van der Waals surface area contributed by atoms with Gasteiger partial charge < -0.3 is 0 Å². The third kappa shape index (κ3) is 2.43. The number of benzene rings is 1. The molecule has 1 aliphatic carbocycles. The molecule has 1 aromatic heterocycles. The highest BCUT2D eigenvalue weighted by Crippen LogP contribution is 2.50. The van der Waals surface area contributed by atoms with Crippen molar-refractivity contribution < 1.29 is 0 Å². The molecule has 3 rings (SSSR count). The van der Waals surface area contributed by atoms with Gasteiger partial charge in [0.05, 0.1) is 22.4 Å². The molecule has 0 bridgehead atoms. The molecule has 0 aliphatic heterocycles. The Kier molecular flexibility index (Phi) is 4.15. The summed E-state index contributed by atoms with van der Waals surface area (Å²) in [6.07, 6.45) is 6.60. The topological polar surface area (TPSA) is 55.9 Å². The highest BCUT2D eigenvalue weighted by atomic mass is 79.9. The van der Waals surface area contributed by atoms with Crippen molar-refractivity contribution in [2.75, 3.05) is 0 Å². The van der Waals surface area contributed by atoms with Gasteiger partial charge in [0.15, 0.2) is 0 Å². The number of hydrogen-bond acceptors (Lipinski definition) is 3. The molecular weight excluding hydrogens is 328 g/mol. The third-order valence-corrected chi connectivity index (χ3v) is 5.39. The van der Waals surface area contributed by atoms with E-state index in [-0.39, 0.29) is 11.5 Å². The molecule has 112 valence electrons. The first-order valence-corrected chi connectivity index (χ1v) is 8.17. The van der Waals surface area contributed by atoms with E-state index >= 15 is 0 Å². The van der Waals surface area contributed by atoms with Crippen LogP contribution in [0.2, 0.25) is 0 Å². The number of nitrogens with zero attached hydrogens (tertiary/aromatic N) is 2. The van der Waals surface area contributed by atoms with Crippen LogP contribution < -0.4 is 11.3 Å². The average molecular weight is 349 g/mol. The van der Waals surface area contributed by atoms with Gasteiger partial charge in [-0.15, -0.1) is 0 Å². The van der Waals surface area contributed by atoms with Crippen LogP contribution in [0.25, 0.3) is 0 Å². The maximum Gasteiger partial charge on any atom is 0.0736 e. The van der Waals surface area contributed by atoms with Gasteiger partial charge in [-0.1, -0.05) is 43.2 Å². The zero-order valence-electron chi connectivity index (χ0n) is 12.2. The molecule has 0 radical (unpaired) electrons. The molecular formula is C16H21BrN4. The molecule has 1 unspecified atom stereocenters. The molecule has 1 aromatic carbocycles. The quantitative estimate of drug-likeness (QED) is 0.658. The van der Waals surface area contributed by atoms with Gasteiger partial charge in [-0.05, 0) is 34.3 Å². The zero-order chi connectivity index (χ0) is 14.9. The molecule has 0 spiro atoms. The van der Waals surface area contributed by atoms with Crippen LogP contribution in [-0.4, -0.2) is 9.78 Å². The fourth-order valence-corrected chi connectivity index (χ4v) is 4.34. The molecule has 1 heterocycles. The largest absolute Gasteiger partial charge is 0.271 e. The van der Waals surface area contributed by atoms with Gasteiger partial charge in [-0.25, -0.2) is 0 Å². The molecule has 3 N–H and O–H groups in total. The number of aryl methyl sites for hydroxylation is 1. The van der Waals surface area contributed by atoms with Crippen molar-refractivity contribution in [2.45, 2.75) is 37.1 Å². The average Bonchev–Trinajstić information content (AvgIpc) is 3.12. The first kappa shape index (κ1) is 14.8. The second-order valence-corrected chi connectivity index (χ2v) is 6.68. The minimum absolute atomic E-state index is 0.0341. The molecule has 5 heteroatoms. The van der Waals surface area contributed by atoms with Gasteiger partial charge >= 0.3 is 0 Å². The summed E-state index contributed by atoms with van der Waals surface area (Å²) in [4.78, 5) is 0. The van der Waals surface area contributed by atoms with E-state index < -0.39 is 0 Å². The summed E-state index contributed by atoms with van der Waals surface area (Å²) in [6, 6.07) is 10.8. The van der Waals surface area contributed by atoms with Gasteiger partial charge in [0.25, 0.3) is 0 Å². The fourth-order valence-electron chi connectivity index (χ4n) is 3.77. The third-order valence-electron chi connectivity index (χ3n) is 4.77. The van der Waals surface area contributed by atoms with E-state index in [0.717, 1.165) is 23.0 Å². The molecule has 21 heavy (non-hydrogen) atoms. The Morgan fingerprint density at radius 1 is 1.29 bits per heavy atom. The van der Waals surface area contributed by atoms with Crippen LogP contribution in [0.1, 0.15) is 43.0 Å². The minimum Gasteiger partial charge on any atom is -0.271 e. The monoisotopic (exact) mass is 348 g/mol. The van der Waals surface area contributed by atoms with Crippen LogP contribution in [0.15, 0.2) is 41.0 Å². The molecule has 2 aromatic rings. The van der Waals surface area contributed by atoms with Crippen LogP contribution in [0.3, 0.4) is 0 Å². The maximum absolute atomic E-state index is 5.99. The number of nitrogens with one attached hydrogen (secondary N) is 1. The van der Waals surface area contributed by atoms with E-state index in [9.17, 15) is 0 Å². The van der Waals surface area contributed by atoms with E-state index in [1.807, 2.05) is 17.9 Å². The van der Waals surface area contributed by atoms with Crippen molar-refractivity contribution in [1.29, 1.82) is 0 Å². The lowest BCUT2D eigenvalue weighted by molar-refractivity contribution is 0.290. The van der Waals surface area contributed by atoms with Crippen molar-refractivity contribution in [3.8, 4) is 0 Å². The predicted molar refractivity (Wildman–Crippen MR) is 87.6 cm³/mol. The van der Waals surface area contributed by atoms with Gasteiger partial charge in [0.1, 0.15) is 0 Å².